The van der Waals surface area contributed by atoms with Gasteiger partial charge in [-0.05, 0) is 25.5 Å². The molecule has 0 spiro atoms. The monoisotopic (exact) mass is 234 g/mol. The predicted octanol–water partition coefficient (Wildman–Crippen LogP) is 3.44. The highest BCUT2D eigenvalue weighted by atomic mass is 35.5. The second-order valence-electron chi connectivity index (χ2n) is 4.10. The van der Waals surface area contributed by atoms with Gasteiger partial charge in [0.1, 0.15) is 0 Å². The number of nitrogens with zero attached hydrogens (tertiary/aromatic N) is 2. The van der Waals surface area contributed by atoms with E-state index in [0.717, 1.165) is 11.4 Å². The highest BCUT2D eigenvalue weighted by Crippen LogP contribution is 2.24. The van der Waals surface area contributed by atoms with Crippen LogP contribution in [0.5, 0.6) is 0 Å². The van der Waals surface area contributed by atoms with E-state index in [4.69, 9.17) is 11.6 Å². The van der Waals surface area contributed by atoms with Gasteiger partial charge in [-0.3, -0.25) is 4.68 Å². The van der Waals surface area contributed by atoms with Crippen LogP contribution in [0.2, 0.25) is 0 Å². The molecule has 0 unspecified atom stereocenters. The fourth-order valence-electron chi connectivity index (χ4n) is 1.94. The molecular weight excluding hydrogens is 220 g/mol. The van der Waals surface area contributed by atoms with Crippen molar-refractivity contribution in [3.63, 3.8) is 0 Å². The maximum absolute atomic E-state index is 5.79. The zero-order valence-corrected chi connectivity index (χ0v) is 10.5. The molecule has 0 amide bonds. The van der Waals surface area contributed by atoms with Crippen LogP contribution in [0, 0.1) is 13.8 Å². The van der Waals surface area contributed by atoms with E-state index in [9.17, 15) is 0 Å². The molecule has 16 heavy (non-hydrogen) atoms. The van der Waals surface area contributed by atoms with E-state index in [1.807, 2.05) is 17.8 Å². The molecule has 0 fully saturated rings. The number of benzene rings is 1. The van der Waals surface area contributed by atoms with Crippen molar-refractivity contribution < 1.29 is 0 Å². The molecule has 0 aliphatic rings. The summed E-state index contributed by atoms with van der Waals surface area (Å²) in [5, 5.41) is 4.35. The zero-order chi connectivity index (χ0) is 11.7. The maximum atomic E-state index is 5.79. The van der Waals surface area contributed by atoms with Crippen LogP contribution < -0.4 is 0 Å². The molecule has 0 aliphatic heterocycles. The first-order chi connectivity index (χ1) is 7.61. The first kappa shape index (κ1) is 11.2. The van der Waals surface area contributed by atoms with Gasteiger partial charge < -0.3 is 0 Å². The summed E-state index contributed by atoms with van der Waals surface area (Å²) in [7, 11) is 1.95. The Hall–Kier alpha value is -1.28. The van der Waals surface area contributed by atoms with Gasteiger partial charge >= 0.3 is 0 Å². The topological polar surface area (TPSA) is 17.8 Å². The average Bonchev–Trinajstić information content (AvgIpc) is 2.60. The van der Waals surface area contributed by atoms with E-state index < -0.39 is 0 Å². The van der Waals surface area contributed by atoms with E-state index in [2.05, 4.69) is 37.1 Å². The molecule has 0 radical (unpaired) electrons. The predicted molar refractivity (Wildman–Crippen MR) is 67.7 cm³/mol. The summed E-state index contributed by atoms with van der Waals surface area (Å²) < 4.78 is 1.88. The van der Waals surface area contributed by atoms with E-state index in [1.54, 1.807) is 0 Å². The van der Waals surface area contributed by atoms with E-state index >= 15 is 0 Å². The molecule has 0 saturated heterocycles. The summed E-state index contributed by atoms with van der Waals surface area (Å²) >= 11 is 5.79. The largest absolute Gasteiger partial charge is 0.268 e. The fraction of sp³-hybridized carbons (Fsp3) is 0.308. The van der Waals surface area contributed by atoms with Crippen molar-refractivity contribution in [2.24, 2.45) is 7.05 Å². The van der Waals surface area contributed by atoms with Crippen molar-refractivity contribution in [1.29, 1.82) is 0 Å². The minimum atomic E-state index is 0.457. The lowest BCUT2D eigenvalue weighted by Crippen LogP contribution is -1.95. The van der Waals surface area contributed by atoms with Crippen LogP contribution in [-0.4, -0.2) is 9.78 Å². The molecule has 3 heteroatoms. The zero-order valence-electron chi connectivity index (χ0n) is 9.79. The van der Waals surface area contributed by atoms with Crippen LogP contribution in [0.25, 0.3) is 11.3 Å². The first-order valence-electron chi connectivity index (χ1n) is 5.28. The molecule has 1 aromatic heterocycles. The third-order valence-corrected chi connectivity index (χ3v) is 3.00. The second kappa shape index (κ2) is 4.30. The highest BCUT2D eigenvalue weighted by Gasteiger charge is 2.08. The van der Waals surface area contributed by atoms with Crippen molar-refractivity contribution in [1.82, 2.24) is 9.78 Å². The lowest BCUT2D eigenvalue weighted by molar-refractivity contribution is 0.761. The smallest absolute Gasteiger partial charge is 0.0778 e. The third-order valence-electron chi connectivity index (χ3n) is 2.73. The molecule has 2 rings (SSSR count). The number of hydrogen-bond donors (Lipinski definition) is 0. The van der Waals surface area contributed by atoms with Gasteiger partial charge in [0.25, 0.3) is 0 Å². The van der Waals surface area contributed by atoms with Crippen molar-refractivity contribution in [2.45, 2.75) is 19.7 Å². The van der Waals surface area contributed by atoms with Crippen LogP contribution in [0.15, 0.2) is 24.3 Å². The summed E-state index contributed by atoms with van der Waals surface area (Å²) in [4.78, 5) is 0. The Morgan fingerprint density at radius 1 is 1.25 bits per heavy atom. The summed E-state index contributed by atoms with van der Waals surface area (Å²) in [6.07, 6.45) is 0. The van der Waals surface area contributed by atoms with E-state index in [1.165, 1.54) is 16.7 Å². The molecule has 0 N–H and O–H groups in total. The number of halogens is 1. The summed E-state index contributed by atoms with van der Waals surface area (Å²) in [5.41, 5.74) is 5.80. The molecular formula is C13H15ClN2. The number of aromatic nitrogens is 2. The molecule has 1 heterocycles. The van der Waals surface area contributed by atoms with Crippen molar-refractivity contribution >= 4 is 11.6 Å². The van der Waals surface area contributed by atoms with Gasteiger partial charge in [-0.1, -0.05) is 23.8 Å². The van der Waals surface area contributed by atoms with Crippen LogP contribution in [0.4, 0.5) is 0 Å². The first-order valence-corrected chi connectivity index (χ1v) is 5.82. The average molecular weight is 235 g/mol. The Morgan fingerprint density at radius 3 is 2.56 bits per heavy atom. The van der Waals surface area contributed by atoms with Gasteiger partial charge in [-0.25, -0.2) is 0 Å². The Kier molecular flexibility index (Phi) is 3.01. The van der Waals surface area contributed by atoms with Gasteiger partial charge in [0.2, 0.25) is 0 Å². The number of aryl methyl sites for hydroxylation is 3. The molecule has 2 nitrogen and oxygen atoms in total. The normalized spacial score (nSPS) is 10.8. The summed E-state index contributed by atoms with van der Waals surface area (Å²) in [6.45, 7) is 4.22. The lowest BCUT2D eigenvalue weighted by atomic mass is 10.0. The Balaban J connectivity index is 2.53. The Bertz CT molecular complexity index is 515. The molecule has 0 saturated carbocycles. The standard InChI is InChI=1S/C13H15ClN2/c1-9-4-5-12(10(2)6-9)13-7-11(8-14)15-16(13)3/h4-7H,8H2,1-3H3. The van der Waals surface area contributed by atoms with E-state index in [-0.39, 0.29) is 0 Å². The molecule has 1 aromatic carbocycles. The summed E-state index contributed by atoms with van der Waals surface area (Å²) in [6, 6.07) is 8.49. The molecule has 0 atom stereocenters. The van der Waals surface area contributed by atoms with Crippen molar-refractivity contribution in [3.8, 4) is 11.3 Å². The van der Waals surface area contributed by atoms with E-state index in [0.29, 0.717) is 5.88 Å². The SMILES string of the molecule is Cc1ccc(-c2cc(CCl)nn2C)c(C)c1. The molecule has 84 valence electrons. The second-order valence-corrected chi connectivity index (χ2v) is 4.36. The highest BCUT2D eigenvalue weighted by molar-refractivity contribution is 6.16. The van der Waals surface area contributed by atoms with Crippen molar-refractivity contribution in [3.05, 3.63) is 41.1 Å². The maximum Gasteiger partial charge on any atom is 0.0778 e. The lowest BCUT2D eigenvalue weighted by Gasteiger charge is -2.06. The molecule has 2 aromatic rings. The minimum absolute atomic E-state index is 0.457. The van der Waals surface area contributed by atoms with Gasteiger partial charge in [-0.15, -0.1) is 11.6 Å². The molecule has 0 bridgehead atoms. The van der Waals surface area contributed by atoms with Gasteiger partial charge in [0.15, 0.2) is 0 Å². The van der Waals surface area contributed by atoms with Crippen molar-refractivity contribution in [2.75, 3.05) is 0 Å². The van der Waals surface area contributed by atoms with Gasteiger partial charge in [0.05, 0.1) is 17.3 Å². The quantitative estimate of drug-likeness (QED) is 0.728. The Morgan fingerprint density at radius 2 is 2.00 bits per heavy atom. The fourth-order valence-corrected chi connectivity index (χ4v) is 2.08. The summed E-state index contributed by atoms with van der Waals surface area (Å²) in [5.74, 6) is 0.457. The number of rotatable bonds is 2. The number of alkyl halides is 1. The van der Waals surface area contributed by atoms with Crippen LogP contribution in [-0.2, 0) is 12.9 Å². The number of hydrogen-bond acceptors (Lipinski definition) is 1. The van der Waals surface area contributed by atoms with Gasteiger partial charge in [-0.2, -0.15) is 5.10 Å². The van der Waals surface area contributed by atoms with Crippen LogP contribution in [0.1, 0.15) is 16.8 Å². The third kappa shape index (κ3) is 1.98. The van der Waals surface area contributed by atoms with Gasteiger partial charge in [0, 0.05) is 12.6 Å². The minimum Gasteiger partial charge on any atom is -0.268 e. The Labute approximate surface area is 101 Å². The molecule has 0 aliphatic carbocycles. The van der Waals surface area contributed by atoms with Crippen LogP contribution >= 0.6 is 11.6 Å². The van der Waals surface area contributed by atoms with Crippen LogP contribution in [0.3, 0.4) is 0 Å².